The summed E-state index contributed by atoms with van der Waals surface area (Å²) in [6, 6.07) is 1.98. The Hall–Kier alpha value is -3.03. The van der Waals surface area contributed by atoms with Gasteiger partial charge in [-0.1, -0.05) is 0 Å². The lowest BCUT2D eigenvalue weighted by atomic mass is 9.96. The summed E-state index contributed by atoms with van der Waals surface area (Å²) in [4.78, 5) is 30.0. The fourth-order valence-electron chi connectivity index (χ4n) is 3.59. The van der Waals surface area contributed by atoms with Gasteiger partial charge in [0.15, 0.2) is 0 Å². The van der Waals surface area contributed by atoms with Crippen molar-refractivity contribution in [1.29, 1.82) is 0 Å². The van der Waals surface area contributed by atoms with Crippen LogP contribution in [-0.4, -0.2) is 49.6 Å². The van der Waals surface area contributed by atoms with Crippen molar-refractivity contribution in [2.75, 3.05) is 18.4 Å². The largest absolute Gasteiger partial charge is 0.339 e. The molecule has 2 aromatic heterocycles. The number of anilines is 1. The number of aromatic nitrogens is 4. The van der Waals surface area contributed by atoms with E-state index in [0.29, 0.717) is 24.6 Å². The monoisotopic (exact) mass is 366 g/mol. The number of fused-ring (bicyclic) bond motifs is 1. The zero-order valence-electron chi connectivity index (χ0n) is 15.0. The van der Waals surface area contributed by atoms with E-state index in [4.69, 9.17) is 0 Å². The average molecular weight is 366 g/mol. The maximum absolute atomic E-state index is 12.5. The van der Waals surface area contributed by atoms with Gasteiger partial charge in [0.2, 0.25) is 11.8 Å². The number of nitrogens with zero attached hydrogens (tertiary/aromatic N) is 5. The highest BCUT2D eigenvalue weighted by Gasteiger charge is 2.22. The summed E-state index contributed by atoms with van der Waals surface area (Å²) >= 11 is 0. The summed E-state index contributed by atoms with van der Waals surface area (Å²) in [7, 11) is 0. The number of carbonyl (C=O) groups excluding carboxylic acids is 2. The van der Waals surface area contributed by atoms with Crippen LogP contribution in [0, 0.1) is 5.92 Å². The van der Waals surface area contributed by atoms with Crippen LogP contribution in [0.4, 0.5) is 5.82 Å². The van der Waals surface area contributed by atoms with Crippen LogP contribution in [0.25, 0.3) is 6.08 Å². The van der Waals surface area contributed by atoms with Gasteiger partial charge < -0.3 is 14.8 Å². The molecule has 1 fully saturated rings. The van der Waals surface area contributed by atoms with Crippen molar-refractivity contribution in [2.24, 2.45) is 5.92 Å². The van der Waals surface area contributed by atoms with E-state index in [9.17, 15) is 9.59 Å². The number of amides is 2. The summed E-state index contributed by atoms with van der Waals surface area (Å²) in [5, 5.41) is 10.4. The Morgan fingerprint density at radius 2 is 2.00 bits per heavy atom. The maximum atomic E-state index is 12.5. The van der Waals surface area contributed by atoms with Crippen LogP contribution in [0.1, 0.15) is 30.4 Å². The number of hydrogen-bond acceptors (Lipinski definition) is 5. The van der Waals surface area contributed by atoms with E-state index in [0.717, 1.165) is 43.6 Å². The molecular formula is C19H22N6O2. The molecule has 2 aliphatic heterocycles. The predicted octanol–water partition coefficient (Wildman–Crippen LogP) is 1.51. The van der Waals surface area contributed by atoms with Crippen LogP contribution >= 0.6 is 0 Å². The Kier molecular flexibility index (Phi) is 4.95. The molecule has 8 nitrogen and oxygen atoms in total. The number of nitrogens with one attached hydrogen (secondary N) is 1. The summed E-state index contributed by atoms with van der Waals surface area (Å²) in [5.41, 5.74) is 1.89. The first-order chi connectivity index (χ1) is 13.2. The molecular weight excluding hydrogens is 344 g/mol. The van der Waals surface area contributed by atoms with E-state index in [1.807, 2.05) is 15.5 Å². The molecule has 1 saturated heterocycles. The van der Waals surface area contributed by atoms with Gasteiger partial charge in [0, 0.05) is 38.3 Å². The summed E-state index contributed by atoms with van der Waals surface area (Å²) in [6.45, 7) is 2.44. The minimum absolute atomic E-state index is 0.00109. The minimum Gasteiger partial charge on any atom is -0.339 e. The zero-order valence-corrected chi connectivity index (χ0v) is 15.0. The van der Waals surface area contributed by atoms with Crippen LogP contribution in [0.5, 0.6) is 0 Å². The number of piperidine rings is 1. The van der Waals surface area contributed by atoms with Gasteiger partial charge in [-0.2, -0.15) is 0 Å². The molecule has 0 atom stereocenters. The van der Waals surface area contributed by atoms with Crippen molar-refractivity contribution in [1.82, 2.24) is 24.6 Å². The molecule has 0 bridgehead atoms. The van der Waals surface area contributed by atoms with Gasteiger partial charge >= 0.3 is 0 Å². The van der Waals surface area contributed by atoms with E-state index in [1.54, 1.807) is 31.0 Å². The van der Waals surface area contributed by atoms with E-state index in [2.05, 4.69) is 20.5 Å². The Balaban J connectivity index is 1.31. The molecule has 27 heavy (non-hydrogen) atoms. The Morgan fingerprint density at radius 1 is 1.22 bits per heavy atom. The number of aryl methyl sites for hydroxylation is 1. The van der Waals surface area contributed by atoms with Crippen molar-refractivity contribution in [3.8, 4) is 0 Å². The first kappa shape index (κ1) is 17.4. The van der Waals surface area contributed by atoms with E-state index in [1.165, 1.54) is 0 Å². The molecule has 0 saturated carbocycles. The van der Waals surface area contributed by atoms with Gasteiger partial charge in [0.25, 0.3) is 0 Å². The van der Waals surface area contributed by atoms with Crippen LogP contribution in [0.15, 0.2) is 31.0 Å². The predicted molar refractivity (Wildman–Crippen MR) is 99.5 cm³/mol. The number of hydrogen-bond donors (Lipinski definition) is 1. The van der Waals surface area contributed by atoms with E-state index < -0.39 is 0 Å². The van der Waals surface area contributed by atoms with E-state index in [-0.39, 0.29) is 11.8 Å². The quantitative estimate of drug-likeness (QED) is 0.828. The van der Waals surface area contributed by atoms with Crippen LogP contribution in [0.3, 0.4) is 0 Å². The molecule has 2 aliphatic rings. The first-order valence-electron chi connectivity index (χ1n) is 9.25. The third-order valence-electron chi connectivity index (χ3n) is 5.15. The van der Waals surface area contributed by atoms with E-state index >= 15 is 0 Å². The third kappa shape index (κ3) is 4.21. The van der Waals surface area contributed by atoms with Gasteiger partial charge in [-0.05, 0) is 48.4 Å². The number of rotatable bonds is 4. The van der Waals surface area contributed by atoms with Crippen molar-refractivity contribution in [2.45, 2.75) is 32.2 Å². The molecule has 2 aromatic rings. The molecule has 140 valence electrons. The topological polar surface area (TPSA) is 93.0 Å². The Morgan fingerprint density at radius 3 is 2.78 bits per heavy atom. The smallest absolute Gasteiger partial charge is 0.246 e. The highest BCUT2D eigenvalue weighted by atomic mass is 16.2. The normalized spacial score (nSPS) is 17.8. The summed E-state index contributed by atoms with van der Waals surface area (Å²) < 4.78 is 1.99. The van der Waals surface area contributed by atoms with Crippen LogP contribution < -0.4 is 5.32 Å². The van der Waals surface area contributed by atoms with Crippen molar-refractivity contribution in [3.05, 3.63) is 42.1 Å². The van der Waals surface area contributed by atoms with Crippen LogP contribution in [0.2, 0.25) is 0 Å². The molecule has 2 amide bonds. The molecule has 0 aromatic carbocycles. The lowest BCUT2D eigenvalue weighted by Crippen LogP contribution is -2.38. The van der Waals surface area contributed by atoms with Crippen LogP contribution in [-0.2, 0) is 22.6 Å². The Labute approximate surface area is 157 Å². The molecule has 0 aliphatic carbocycles. The van der Waals surface area contributed by atoms with Gasteiger partial charge in [-0.25, -0.2) is 4.98 Å². The van der Waals surface area contributed by atoms with Gasteiger partial charge in [-0.3, -0.25) is 9.59 Å². The fraction of sp³-hybridized carbons (Fsp3) is 0.421. The van der Waals surface area contributed by atoms with Crippen molar-refractivity contribution >= 4 is 23.7 Å². The molecule has 4 rings (SSSR count). The second-order valence-corrected chi connectivity index (χ2v) is 7.09. The SMILES string of the molecule is O=C1CCc2cc(C=CC(=O)N3CCC(Cn4cnnc4)CC3)cnc2N1. The first-order valence-corrected chi connectivity index (χ1v) is 9.25. The molecule has 4 heterocycles. The lowest BCUT2D eigenvalue weighted by molar-refractivity contribution is -0.127. The third-order valence-corrected chi connectivity index (χ3v) is 5.15. The average Bonchev–Trinajstić information content (AvgIpc) is 3.19. The second-order valence-electron chi connectivity index (χ2n) is 7.09. The molecule has 0 radical (unpaired) electrons. The number of likely N-dealkylation sites (tertiary alicyclic amines) is 1. The second kappa shape index (κ2) is 7.69. The summed E-state index contributed by atoms with van der Waals surface area (Å²) in [5.74, 6) is 1.21. The fourth-order valence-corrected chi connectivity index (χ4v) is 3.59. The molecule has 0 spiro atoms. The Bertz CT molecular complexity index is 853. The van der Waals surface area contributed by atoms with Gasteiger partial charge in [-0.15, -0.1) is 10.2 Å². The zero-order chi connectivity index (χ0) is 18.6. The van der Waals surface area contributed by atoms with Gasteiger partial charge in [0.05, 0.1) is 0 Å². The number of carbonyl (C=O) groups is 2. The van der Waals surface area contributed by atoms with Gasteiger partial charge in [0.1, 0.15) is 18.5 Å². The molecule has 8 heteroatoms. The minimum atomic E-state index is 0.00109. The highest BCUT2D eigenvalue weighted by molar-refractivity contribution is 5.93. The molecule has 0 unspecified atom stereocenters. The summed E-state index contributed by atoms with van der Waals surface area (Å²) in [6.07, 6.45) is 11.7. The number of pyridine rings is 1. The lowest BCUT2D eigenvalue weighted by Gasteiger charge is -2.31. The maximum Gasteiger partial charge on any atom is 0.246 e. The molecule has 1 N–H and O–H groups in total. The standard InChI is InChI=1S/C19H22N6O2/c26-17-3-2-16-9-15(10-20-19(16)23-17)1-4-18(27)25-7-5-14(6-8-25)11-24-12-21-22-13-24/h1,4,9-10,12-14H,2-3,5-8,11H2,(H,20,23,26). The van der Waals surface area contributed by atoms with Crippen molar-refractivity contribution in [3.63, 3.8) is 0 Å². The highest BCUT2D eigenvalue weighted by Crippen LogP contribution is 2.22. The van der Waals surface area contributed by atoms with Crippen molar-refractivity contribution < 1.29 is 9.59 Å².